The van der Waals surface area contributed by atoms with E-state index in [2.05, 4.69) is 0 Å². The first kappa shape index (κ1) is 39.1. The summed E-state index contributed by atoms with van der Waals surface area (Å²) in [6, 6.07) is 34.0. The third-order valence-corrected chi connectivity index (χ3v) is 21.2. The topological polar surface area (TPSA) is 137 Å². The van der Waals surface area contributed by atoms with Crippen molar-refractivity contribution in [3.8, 4) is 0 Å². The van der Waals surface area contributed by atoms with Crippen LogP contribution in [0.2, 0.25) is 0 Å². The predicted octanol–water partition coefficient (Wildman–Crippen LogP) is 9.33. The molecule has 2 saturated carbocycles. The van der Waals surface area contributed by atoms with Gasteiger partial charge in [-0.25, -0.2) is 33.7 Å². The Morgan fingerprint density at radius 1 is 0.328 bits per heavy atom. The van der Waals surface area contributed by atoms with E-state index in [-0.39, 0.29) is 5.41 Å². The average molecular weight is 853 g/mol. The van der Waals surface area contributed by atoms with Gasteiger partial charge in [-0.2, -0.15) is 0 Å². The normalized spacial score (nSPS) is 28.6. The lowest BCUT2D eigenvalue weighted by Crippen LogP contribution is -2.26. The maximum atomic E-state index is 13.2. The van der Waals surface area contributed by atoms with Crippen LogP contribution < -0.4 is 0 Å². The Hall–Kier alpha value is -4.36. The van der Waals surface area contributed by atoms with E-state index in [1.807, 2.05) is 24.3 Å². The number of hydrogen-bond donors (Lipinski definition) is 0. The molecule has 0 spiro atoms. The summed E-state index contributed by atoms with van der Waals surface area (Å²) in [5.41, 5.74) is -1.61. The summed E-state index contributed by atoms with van der Waals surface area (Å²) < 4.78 is 105. The molecular formula is C46H44O8S4. The van der Waals surface area contributed by atoms with Crippen molar-refractivity contribution in [1.29, 1.82) is 0 Å². The molecule has 6 aliphatic carbocycles. The lowest BCUT2D eigenvalue weighted by atomic mass is 9.70. The van der Waals surface area contributed by atoms with Gasteiger partial charge in [0, 0.05) is 35.9 Å². The maximum Gasteiger partial charge on any atom is 0.202 e. The summed E-state index contributed by atoms with van der Waals surface area (Å²) in [4.78, 5) is 2.98. The van der Waals surface area contributed by atoms with Crippen LogP contribution in [-0.4, -0.2) is 33.7 Å². The first-order valence-electron chi connectivity index (χ1n) is 19.7. The zero-order valence-electron chi connectivity index (χ0n) is 31.8. The third-order valence-electron chi connectivity index (χ3n) is 13.8. The summed E-state index contributed by atoms with van der Waals surface area (Å²) in [6.07, 6.45) is 14.4. The Morgan fingerprint density at radius 2 is 0.621 bits per heavy atom. The van der Waals surface area contributed by atoms with Gasteiger partial charge in [0.05, 0.1) is 19.6 Å². The van der Waals surface area contributed by atoms with Gasteiger partial charge in [0.1, 0.15) is 0 Å². The van der Waals surface area contributed by atoms with Gasteiger partial charge in [0.2, 0.25) is 39.3 Å². The van der Waals surface area contributed by atoms with Crippen molar-refractivity contribution in [3.05, 3.63) is 165 Å². The Morgan fingerprint density at radius 3 is 0.931 bits per heavy atom. The minimum absolute atomic E-state index is 0.304. The molecule has 6 aliphatic rings. The molecule has 0 heterocycles. The van der Waals surface area contributed by atoms with Gasteiger partial charge in [-0.1, -0.05) is 110 Å². The summed E-state index contributed by atoms with van der Waals surface area (Å²) in [6.45, 7) is 0. The molecule has 0 N–H and O–H groups in total. The molecule has 58 heavy (non-hydrogen) atoms. The molecule has 4 aromatic rings. The maximum absolute atomic E-state index is 13.2. The summed E-state index contributed by atoms with van der Waals surface area (Å²) in [5, 5.41) is 0. The molecule has 0 unspecified atom stereocenters. The van der Waals surface area contributed by atoms with Crippen LogP contribution in [0, 0.1) is 21.7 Å². The number of sulfone groups is 4. The van der Waals surface area contributed by atoms with Crippen LogP contribution in [0.25, 0.3) is 0 Å². The van der Waals surface area contributed by atoms with Crippen molar-refractivity contribution >= 4 is 39.3 Å². The van der Waals surface area contributed by atoms with Crippen molar-refractivity contribution < 1.29 is 33.7 Å². The van der Waals surface area contributed by atoms with Gasteiger partial charge < -0.3 is 0 Å². The number of benzene rings is 4. The van der Waals surface area contributed by atoms with Gasteiger partial charge in [0.25, 0.3) is 0 Å². The van der Waals surface area contributed by atoms with Crippen molar-refractivity contribution in [2.24, 2.45) is 21.7 Å². The molecule has 300 valence electrons. The van der Waals surface area contributed by atoms with E-state index in [4.69, 9.17) is 0 Å². The van der Waals surface area contributed by atoms with E-state index >= 15 is 0 Å². The zero-order chi connectivity index (χ0) is 40.7. The molecule has 0 amide bonds. The molecule has 0 aromatic heterocycles. The Bertz CT molecular complexity index is 2690. The van der Waals surface area contributed by atoms with Gasteiger partial charge >= 0.3 is 0 Å². The highest BCUT2D eigenvalue weighted by atomic mass is 32.2. The van der Waals surface area contributed by atoms with Crippen molar-refractivity contribution in [1.82, 2.24) is 0 Å². The standard InChI is InChI=1S/2C23H22O4S2/c2*24-28(25,18-8-3-1-4-9-18)20-14-22-12-7-13-23(22,15-20)17-21(16-22)29(26,27)19-10-5-2-6-11-19/h1-6,8-11,14,17H,7,12-13,15-16H2;1-6,8-11,14,16H,7,12-13,15,17H2/t22-,23+;/m0./s1. The largest absolute Gasteiger partial charge is 0.219 e. The number of rotatable bonds is 8. The van der Waals surface area contributed by atoms with Crippen LogP contribution in [0.15, 0.2) is 185 Å². The monoisotopic (exact) mass is 852 g/mol. The van der Waals surface area contributed by atoms with Gasteiger partial charge in [0.15, 0.2) is 0 Å². The summed E-state index contributed by atoms with van der Waals surface area (Å²) in [5.74, 6) is 0. The van der Waals surface area contributed by atoms with Crippen molar-refractivity contribution in [3.63, 3.8) is 0 Å². The van der Waals surface area contributed by atoms with E-state index in [0.717, 1.165) is 38.5 Å². The SMILES string of the molecule is O=S(=O)(C1=CC23C=C(S(=O)(=O)c4ccccc4)CC2(CCC3)C1)c1ccccc1.O=S(=O)(C1=C[C@]23CCC[C@]2(C=C(S(=O)(=O)c2ccccc2)C3)C1)c1ccccc1. The van der Waals surface area contributed by atoms with E-state index in [1.165, 1.54) is 0 Å². The van der Waals surface area contributed by atoms with Crippen LogP contribution in [0.4, 0.5) is 0 Å². The second kappa shape index (κ2) is 13.6. The fraction of sp³-hybridized carbons (Fsp3) is 0.304. The van der Waals surface area contributed by atoms with E-state index in [1.54, 1.807) is 121 Å². The lowest BCUT2D eigenvalue weighted by molar-refractivity contribution is 0.215. The smallest absolute Gasteiger partial charge is 0.202 e. The zero-order valence-corrected chi connectivity index (χ0v) is 35.1. The van der Waals surface area contributed by atoms with Crippen molar-refractivity contribution in [2.75, 3.05) is 0 Å². The highest BCUT2D eigenvalue weighted by Crippen LogP contribution is 2.71. The summed E-state index contributed by atoms with van der Waals surface area (Å²) in [7, 11) is -14.2. The Balaban J connectivity index is 0.000000150. The quantitative estimate of drug-likeness (QED) is 0.171. The van der Waals surface area contributed by atoms with Gasteiger partial charge in [-0.3, -0.25) is 0 Å². The second-order valence-corrected chi connectivity index (χ2v) is 24.8. The van der Waals surface area contributed by atoms with Crippen LogP contribution in [0.1, 0.15) is 64.2 Å². The molecule has 10 rings (SSSR count). The molecule has 0 radical (unpaired) electrons. The summed E-state index contributed by atoms with van der Waals surface area (Å²) >= 11 is 0. The molecule has 8 nitrogen and oxygen atoms in total. The first-order valence-corrected chi connectivity index (χ1v) is 25.6. The van der Waals surface area contributed by atoms with Crippen LogP contribution in [0.5, 0.6) is 0 Å². The van der Waals surface area contributed by atoms with Gasteiger partial charge in [-0.15, -0.1) is 0 Å². The van der Waals surface area contributed by atoms with E-state index < -0.39 is 55.6 Å². The fourth-order valence-electron chi connectivity index (χ4n) is 10.9. The molecule has 0 saturated heterocycles. The molecule has 4 aromatic carbocycles. The fourth-order valence-corrected chi connectivity index (χ4v) is 17.5. The minimum atomic E-state index is -3.56. The molecule has 12 heteroatoms. The number of hydrogen-bond acceptors (Lipinski definition) is 8. The third kappa shape index (κ3) is 5.91. The second-order valence-electron chi connectivity index (χ2n) is 16.8. The molecule has 2 fully saturated rings. The minimum Gasteiger partial charge on any atom is -0.219 e. The van der Waals surface area contributed by atoms with Crippen LogP contribution in [-0.2, 0) is 39.3 Å². The van der Waals surface area contributed by atoms with Crippen LogP contribution >= 0.6 is 0 Å². The average Bonchev–Trinajstić information content (AvgIpc) is 4.02. The lowest BCUT2D eigenvalue weighted by Gasteiger charge is -2.33. The van der Waals surface area contributed by atoms with Gasteiger partial charge in [-0.05, 0) is 105 Å². The van der Waals surface area contributed by atoms with E-state index in [9.17, 15) is 33.7 Å². The Labute approximate surface area is 341 Å². The Kier molecular flexibility index (Phi) is 9.16. The first-order chi connectivity index (χ1) is 27.6. The predicted molar refractivity (Wildman–Crippen MR) is 223 cm³/mol. The van der Waals surface area contributed by atoms with Crippen molar-refractivity contribution in [2.45, 2.75) is 83.8 Å². The molecular weight excluding hydrogens is 809 g/mol. The molecule has 0 aliphatic heterocycles. The van der Waals surface area contributed by atoms with E-state index in [0.29, 0.717) is 64.9 Å². The highest BCUT2D eigenvalue weighted by molar-refractivity contribution is 7.96. The highest BCUT2D eigenvalue weighted by Gasteiger charge is 2.63. The molecule has 0 bridgehead atoms. The molecule has 2 atom stereocenters. The number of allylic oxidation sites excluding steroid dienone is 8. The van der Waals surface area contributed by atoms with Crippen LogP contribution in [0.3, 0.4) is 0 Å².